The van der Waals surface area contributed by atoms with Gasteiger partial charge in [-0.2, -0.15) is 0 Å². The summed E-state index contributed by atoms with van der Waals surface area (Å²) in [6, 6.07) is 9.26. The largest absolute Gasteiger partial charge is 0.355 e. The first-order valence-electron chi connectivity index (χ1n) is 8.19. The monoisotopic (exact) mass is 430 g/mol. The van der Waals surface area contributed by atoms with Gasteiger partial charge in [0.1, 0.15) is 0 Å². The molecule has 1 unspecified atom stereocenters. The Balaban J connectivity index is 0.00000264. The van der Waals surface area contributed by atoms with Gasteiger partial charge in [0, 0.05) is 38.3 Å². The molecule has 0 aromatic heterocycles. The molecule has 1 aliphatic rings. The van der Waals surface area contributed by atoms with Gasteiger partial charge in [-0.05, 0) is 45.2 Å². The van der Waals surface area contributed by atoms with Crippen molar-refractivity contribution in [1.82, 2.24) is 15.5 Å². The maximum atomic E-state index is 4.30. The SMILES string of the molecule is CN=C(NCC(C)N1CCc2ccccc2C1)NC(C)(C)C.I. The number of benzene rings is 1. The fraction of sp³-hybridized carbons (Fsp3) is 0.611. The molecule has 2 N–H and O–H groups in total. The molecule has 0 fully saturated rings. The molecular weight excluding hydrogens is 399 g/mol. The normalized spacial score (nSPS) is 17.0. The average Bonchev–Trinajstić information content (AvgIpc) is 2.49. The molecule has 0 bridgehead atoms. The second kappa shape index (κ2) is 8.87. The number of nitrogens with zero attached hydrogens (tertiary/aromatic N) is 2. The van der Waals surface area contributed by atoms with Gasteiger partial charge in [0.05, 0.1) is 0 Å². The van der Waals surface area contributed by atoms with Crippen molar-refractivity contribution < 1.29 is 0 Å². The Bertz CT molecular complexity index is 522. The van der Waals surface area contributed by atoms with Crippen LogP contribution in [0.15, 0.2) is 29.3 Å². The van der Waals surface area contributed by atoms with E-state index in [-0.39, 0.29) is 29.5 Å². The standard InChI is InChI=1S/C18H30N4.HI/c1-14(12-20-17(19-5)21-18(2,3)4)22-11-10-15-8-6-7-9-16(15)13-22;/h6-9,14H,10-13H2,1-5H3,(H2,19,20,21);1H. The molecule has 0 aliphatic carbocycles. The molecule has 1 aromatic carbocycles. The Labute approximate surface area is 158 Å². The first-order chi connectivity index (χ1) is 10.4. The Morgan fingerprint density at radius 2 is 1.91 bits per heavy atom. The molecule has 1 heterocycles. The van der Waals surface area contributed by atoms with Gasteiger partial charge in [0.25, 0.3) is 0 Å². The smallest absolute Gasteiger partial charge is 0.191 e. The zero-order chi connectivity index (χ0) is 16.2. The summed E-state index contributed by atoms with van der Waals surface area (Å²) in [6.07, 6.45) is 1.15. The molecule has 2 rings (SSSR count). The van der Waals surface area contributed by atoms with Crippen LogP contribution in [0.2, 0.25) is 0 Å². The first kappa shape index (κ1) is 20.2. The van der Waals surface area contributed by atoms with E-state index in [0.29, 0.717) is 6.04 Å². The second-order valence-corrected chi connectivity index (χ2v) is 7.17. The molecule has 4 nitrogen and oxygen atoms in total. The van der Waals surface area contributed by atoms with Gasteiger partial charge in [0.15, 0.2) is 5.96 Å². The van der Waals surface area contributed by atoms with Crippen LogP contribution in [0.3, 0.4) is 0 Å². The lowest BCUT2D eigenvalue weighted by Crippen LogP contribution is -2.51. The molecule has 130 valence electrons. The zero-order valence-corrected chi connectivity index (χ0v) is 17.3. The van der Waals surface area contributed by atoms with Crippen LogP contribution in [0.25, 0.3) is 0 Å². The molecular formula is C18H31IN4. The minimum atomic E-state index is 0. The third kappa shape index (κ3) is 6.30. The Morgan fingerprint density at radius 1 is 1.26 bits per heavy atom. The topological polar surface area (TPSA) is 39.7 Å². The number of hydrogen-bond donors (Lipinski definition) is 2. The Morgan fingerprint density at radius 3 is 2.52 bits per heavy atom. The molecule has 5 heteroatoms. The van der Waals surface area contributed by atoms with Crippen molar-refractivity contribution in [1.29, 1.82) is 0 Å². The number of rotatable bonds is 3. The quantitative estimate of drug-likeness (QED) is 0.440. The van der Waals surface area contributed by atoms with Crippen LogP contribution in [-0.4, -0.2) is 42.6 Å². The second-order valence-electron chi connectivity index (χ2n) is 7.17. The summed E-state index contributed by atoms with van der Waals surface area (Å²) >= 11 is 0. The van der Waals surface area contributed by atoms with E-state index in [4.69, 9.17) is 0 Å². The van der Waals surface area contributed by atoms with Crippen LogP contribution in [0.1, 0.15) is 38.8 Å². The van der Waals surface area contributed by atoms with Crippen LogP contribution in [-0.2, 0) is 13.0 Å². The maximum Gasteiger partial charge on any atom is 0.191 e. The molecule has 1 aromatic rings. The van der Waals surface area contributed by atoms with E-state index in [1.807, 2.05) is 7.05 Å². The lowest BCUT2D eigenvalue weighted by Gasteiger charge is -2.34. The van der Waals surface area contributed by atoms with Crippen LogP contribution >= 0.6 is 24.0 Å². The summed E-state index contributed by atoms with van der Waals surface area (Å²) in [5.74, 6) is 0.872. The lowest BCUT2D eigenvalue weighted by atomic mass is 9.99. The number of nitrogens with one attached hydrogen (secondary N) is 2. The summed E-state index contributed by atoms with van der Waals surface area (Å²) in [4.78, 5) is 6.84. The Kier molecular flexibility index (Phi) is 7.80. The van der Waals surface area contributed by atoms with Gasteiger partial charge in [-0.15, -0.1) is 24.0 Å². The molecule has 0 saturated carbocycles. The third-order valence-corrected chi connectivity index (χ3v) is 4.07. The van der Waals surface area contributed by atoms with Crippen molar-refractivity contribution >= 4 is 29.9 Å². The van der Waals surface area contributed by atoms with Crippen molar-refractivity contribution in [2.45, 2.75) is 52.2 Å². The van der Waals surface area contributed by atoms with Crippen LogP contribution in [0.5, 0.6) is 0 Å². The number of halogens is 1. The number of guanidine groups is 1. The predicted molar refractivity (Wildman–Crippen MR) is 110 cm³/mol. The Hall–Kier alpha value is -0.820. The highest BCUT2D eigenvalue weighted by molar-refractivity contribution is 14.0. The van der Waals surface area contributed by atoms with Gasteiger partial charge in [-0.25, -0.2) is 0 Å². The molecule has 0 saturated heterocycles. The number of aliphatic imine (C=N–C) groups is 1. The van der Waals surface area contributed by atoms with Crippen molar-refractivity contribution in [2.75, 3.05) is 20.1 Å². The van der Waals surface area contributed by atoms with E-state index in [1.54, 1.807) is 0 Å². The highest BCUT2D eigenvalue weighted by Crippen LogP contribution is 2.19. The van der Waals surface area contributed by atoms with Gasteiger partial charge in [-0.1, -0.05) is 24.3 Å². The molecule has 1 atom stereocenters. The van der Waals surface area contributed by atoms with Crippen LogP contribution < -0.4 is 10.6 Å². The van der Waals surface area contributed by atoms with E-state index >= 15 is 0 Å². The predicted octanol–water partition coefficient (Wildman–Crippen LogP) is 3.01. The highest BCUT2D eigenvalue weighted by Gasteiger charge is 2.20. The van der Waals surface area contributed by atoms with Crippen molar-refractivity contribution in [3.8, 4) is 0 Å². The number of hydrogen-bond acceptors (Lipinski definition) is 2. The molecule has 0 amide bonds. The van der Waals surface area contributed by atoms with Gasteiger partial charge < -0.3 is 10.6 Å². The molecule has 23 heavy (non-hydrogen) atoms. The zero-order valence-electron chi connectivity index (χ0n) is 15.0. The first-order valence-corrected chi connectivity index (χ1v) is 8.19. The molecule has 1 aliphatic heterocycles. The third-order valence-electron chi connectivity index (χ3n) is 4.07. The summed E-state index contributed by atoms with van der Waals surface area (Å²) < 4.78 is 0. The van der Waals surface area contributed by atoms with Crippen LogP contribution in [0.4, 0.5) is 0 Å². The summed E-state index contributed by atoms with van der Waals surface area (Å²) in [5, 5.41) is 6.84. The number of fused-ring (bicyclic) bond motifs is 1. The fourth-order valence-corrected chi connectivity index (χ4v) is 2.80. The van der Waals surface area contributed by atoms with E-state index in [9.17, 15) is 0 Å². The summed E-state index contributed by atoms with van der Waals surface area (Å²) in [5.41, 5.74) is 3.00. The van der Waals surface area contributed by atoms with Crippen molar-refractivity contribution in [3.05, 3.63) is 35.4 Å². The molecule has 0 radical (unpaired) electrons. The minimum Gasteiger partial charge on any atom is -0.355 e. The lowest BCUT2D eigenvalue weighted by molar-refractivity contribution is 0.191. The summed E-state index contributed by atoms with van der Waals surface area (Å²) in [7, 11) is 1.82. The highest BCUT2D eigenvalue weighted by atomic mass is 127. The molecule has 0 spiro atoms. The van der Waals surface area contributed by atoms with Gasteiger partial charge >= 0.3 is 0 Å². The minimum absolute atomic E-state index is 0. The summed E-state index contributed by atoms with van der Waals surface area (Å²) in [6.45, 7) is 11.8. The van der Waals surface area contributed by atoms with E-state index in [2.05, 4.69) is 72.5 Å². The maximum absolute atomic E-state index is 4.30. The van der Waals surface area contributed by atoms with Crippen molar-refractivity contribution in [3.63, 3.8) is 0 Å². The van der Waals surface area contributed by atoms with E-state index in [1.165, 1.54) is 11.1 Å². The van der Waals surface area contributed by atoms with E-state index in [0.717, 1.165) is 32.0 Å². The fourth-order valence-electron chi connectivity index (χ4n) is 2.80. The van der Waals surface area contributed by atoms with Crippen molar-refractivity contribution in [2.24, 2.45) is 4.99 Å². The van der Waals surface area contributed by atoms with Gasteiger partial charge in [0.2, 0.25) is 0 Å². The van der Waals surface area contributed by atoms with Crippen LogP contribution in [0, 0.1) is 0 Å². The average molecular weight is 430 g/mol. The van der Waals surface area contributed by atoms with E-state index < -0.39 is 0 Å². The van der Waals surface area contributed by atoms with Gasteiger partial charge in [-0.3, -0.25) is 9.89 Å².